The van der Waals surface area contributed by atoms with Gasteiger partial charge in [-0.2, -0.15) is 0 Å². The Kier molecular flexibility index (Phi) is 7.48. The molecule has 1 aromatic carbocycles. The fraction of sp³-hybridized carbons (Fsp3) is 0.375. The van der Waals surface area contributed by atoms with Crippen LogP contribution in [0.1, 0.15) is 36.8 Å². The zero-order valence-electron chi connectivity index (χ0n) is 19.3. The number of methoxy groups -OCH3 is 1. The summed E-state index contributed by atoms with van der Waals surface area (Å²) in [6, 6.07) is 5.25. The van der Waals surface area contributed by atoms with Gasteiger partial charge in [0.15, 0.2) is 16.8 Å². The van der Waals surface area contributed by atoms with Gasteiger partial charge >= 0.3 is 0 Å². The number of hydrogen-bond acceptors (Lipinski definition) is 7. The third-order valence-corrected chi connectivity index (χ3v) is 7.23. The van der Waals surface area contributed by atoms with E-state index < -0.39 is 27.8 Å². The number of carbonyl (C=O) groups excluding carboxylic acids is 1. The number of halogens is 2. The van der Waals surface area contributed by atoms with Crippen molar-refractivity contribution in [2.75, 3.05) is 25.6 Å². The molecule has 2 heterocycles. The SMILES string of the molecule is C#CCOc1ccc(C(=O)Nc2cc(F)c(F)c([C@@]3(C)N=C(N)S[C@](C)(COC)C3C)c2)nc1. The highest BCUT2D eigenvalue weighted by Gasteiger charge is 2.50. The number of aromatic nitrogens is 1. The molecule has 3 atom stereocenters. The van der Waals surface area contributed by atoms with Gasteiger partial charge in [-0.1, -0.05) is 24.6 Å². The molecule has 1 amide bonds. The monoisotopic (exact) mass is 488 g/mol. The Morgan fingerprint density at radius 3 is 2.71 bits per heavy atom. The van der Waals surface area contributed by atoms with Crippen LogP contribution in [-0.4, -0.2) is 41.1 Å². The van der Waals surface area contributed by atoms with Crippen molar-refractivity contribution in [3.8, 4) is 18.1 Å². The van der Waals surface area contributed by atoms with Gasteiger partial charge in [0.05, 0.1) is 18.3 Å². The lowest BCUT2D eigenvalue weighted by atomic mass is 9.74. The number of nitrogens with two attached hydrogens (primary N) is 1. The summed E-state index contributed by atoms with van der Waals surface area (Å²) in [5, 5.41) is 2.81. The average molecular weight is 489 g/mol. The lowest BCUT2D eigenvalue weighted by Crippen LogP contribution is -2.50. The van der Waals surface area contributed by atoms with Gasteiger partial charge in [-0.3, -0.25) is 9.79 Å². The van der Waals surface area contributed by atoms with Gasteiger partial charge in [0.1, 0.15) is 18.1 Å². The number of aliphatic imine (C=N–C) groups is 1. The molecule has 3 N–H and O–H groups in total. The molecule has 1 unspecified atom stereocenters. The van der Waals surface area contributed by atoms with E-state index in [0.29, 0.717) is 12.4 Å². The predicted octanol–water partition coefficient (Wildman–Crippen LogP) is 3.94. The molecule has 0 fully saturated rings. The van der Waals surface area contributed by atoms with Gasteiger partial charge in [0, 0.05) is 35.1 Å². The van der Waals surface area contributed by atoms with Gasteiger partial charge < -0.3 is 20.5 Å². The number of nitrogens with zero attached hydrogens (tertiary/aromatic N) is 2. The second-order valence-corrected chi connectivity index (χ2v) is 9.87. The first-order chi connectivity index (χ1) is 16.0. The molecule has 1 aliphatic heterocycles. The quantitative estimate of drug-likeness (QED) is 0.573. The molecule has 0 saturated carbocycles. The number of ether oxygens (including phenoxy) is 2. The number of thioether (sulfide) groups is 1. The zero-order chi connectivity index (χ0) is 25.1. The second-order valence-electron chi connectivity index (χ2n) is 8.31. The van der Waals surface area contributed by atoms with Gasteiger partial charge in [-0.05, 0) is 32.0 Å². The smallest absolute Gasteiger partial charge is 0.274 e. The van der Waals surface area contributed by atoms with Gasteiger partial charge in [0.25, 0.3) is 5.91 Å². The van der Waals surface area contributed by atoms with Crippen molar-refractivity contribution in [3.05, 3.63) is 53.4 Å². The summed E-state index contributed by atoms with van der Waals surface area (Å²) in [5.41, 5.74) is 4.97. The minimum Gasteiger partial charge on any atom is -0.479 e. The molecule has 0 aliphatic carbocycles. The summed E-state index contributed by atoms with van der Waals surface area (Å²) in [7, 11) is 1.57. The van der Waals surface area contributed by atoms with Crippen LogP contribution >= 0.6 is 11.8 Å². The predicted molar refractivity (Wildman–Crippen MR) is 129 cm³/mol. The van der Waals surface area contributed by atoms with Crippen LogP contribution in [0.15, 0.2) is 35.5 Å². The summed E-state index contributed by atoms with van der Waals surface area (Å²) in [6.45, 7) is 5.92. The largest absolute Gasteiger partial charge is 0.479 e. The Morgan fingerprint density at radius 2 is 2.09 bits per heavy atom. The van der Waals surface area contributed by atoms with E-state index in [0.717, 1.165) is 6.07 Å². The molecule has 180 valence electrons. The van der Waals surface area contributed by atoms with E-state index in [4.69, 9.17) is 21.6 Å². The van der Waals surface area contributed by atoms with Crippen LogP contribution in [0.3, 0.4) is 0 Å². The lowest BCUT2D eigenvalue weighted by molar-refractivity contribution is 0.102. The van der Waals surface area contributed by atoms with E-state index >= 15 is 4.39 Å². The molecule has 1 aliphatic rings. The van der Waals surface area contributed by atoms with E-state index in [9.17, 15) is 9.18 Å². The molecule has 1 aromatic heterocycles. The Labute approximate surface area is 201 Å². The van der Waals surface area contributed by atoms with Crippen molar-refractivity contribution in [2.24, 2.45) is 16.6 Å². The standard InChI is InChI=1S/C24H26F2N4O3S/c1-6-9-33-16-7-8-19(28-12-16)21(31)29-15-10-17(20(26)18(25)11-15)24(4)14(2)23(3,13-32-5)34-22(27)30-24/h1,7-8,10-12,14H,9,13H2,2-5H3,(H2,27,30)(H,29,31)/t14?,23-,24+/m1/s1. The van der Waals surface area contributed by atoms with E-state index in [-0.39, 0.29) is 34.6 Å². The first-order valence-corrected chi connectivity index (χ1v) is 11.2. The Morgan fingerprint density at radius 1 is 1.35 bits per heavy atom. The maximum atomic E-state index is 15.1. The van der Waals surface area contributed by atoms with Crippen molar-refractivity contribution < 1.29 is 23.0 Å². The first-order valence-electron chi connectivity index (χ1n) is 10.4. The molecule has 0 radical (unpaired) electrons. The molecule has 34 heavy (non-hydrogen) atoms. The number of terminal acetylenes is 1. The summed E-state index contributed by atoms with van der Waals surface area (Å²) in [4.78, 5) is 21.2. The van der Waals surface area contributed by atoms with Crippen LogP contribution in [0.5, 0.6) is 5.75 Å². The number of amidine groups is 1. The fourth-order valence-corrected chi connectivity index (χ4v) is 5.25. The Hall–Kier alpha value is -3.16. The fourth-order valence-electron chi connectivity index (χ4n) is 3.95. The molecule has 0 spiro atoms. The summed E-state index contributed by atoms with van der Waals surface area (Å²) in [6.07, 6.45) is 6.49. The second kappa shape index (κ2) is 9.99. The molecule has 2 aromatic rings. The van der Waals surface area contributed by atoms with E-state index in [1.807, 2.05) is 13.8 Å². The number of pyridine rings is 1. The van der Waals surface area contributed by atoms with Crippen LogP contribution in [0, 0.1) is 29.9 Å². The number of amides is 1. The third kappa shape index (κ3) is 5.00. The highest BCUT2D eigenvalue weighted by molar-refractivity contribution is 8.15. The maximum absolute atomic E-state index is 15.1. The molecule has 7 nitrogen and oxygen atoms in total. The highest BCUT2D eigenvalue weighted by Crippen LogP contribution is 2.50. The van der Waals surface area contributed by atoms with E-state index in [1.54, 1.807) is 14.0 Å². The third-order valence-electron chi connectivity index (χ3n) is 5.99. The van der Waals surface area contributed by atoms with Crippen molar-refractivity contribution in [2.45, 2.75) is 31.1 Å². The number of benzene rings is 1. The molecule has 3 rings (SSSR count). The number of carbonyl (C=O) groups is 1. The van der Waals surface area contributed by atoms with Crippen LogP contribution in [-0.2, 0) is 10.3 Å². The topological polar surface area (TPSA) is 98.8 Å². The van der Waals surface area contributed by atoms with Crippen molar-refractivity contribution >= 4 is 28.5 Å². The maximum Gasteiger partial charge on any atom is 0.274 e. The molecule has 10 heteroatoms. The van der Waals surface area contributed by atoms with Crippen LogP contribution < -0.4 is 15.8 Å². The van der Waals surface area contributed by atoms with Crippen LogP contribution in [0.25, 0.3) is 0 Å². The van der Waals surface area contributed by atoms with Crippen LogP contribution in [0.4, 0.5) is 14.5 Å². The van der Waals surface area contributed by atoms with E-state index in [2.05, 4.69) is 21.2 Å². The minimum absolute atomic E-state index is 0.0214. The number of nitrogens with one attached hydrogen (secondary N) is 1. The average Bonchev–Trinajstić information content (AvgIpc) is 2.78. The van der Waals surface area contributed by atoms with Gasteiger partial charge in [0.2, 0.25) is 0 Å². The Balaban J connectivity index is 1.94. The number of hydrogen-bond donors (Lipinski definition) is 2. The van der Waals surface area contributed by atoms with Crippen molar-refractivity contribution in [1.82, 2.24) is 4.98 Å². The van der Waals surface area contributed by atoms with Gasteiger partial charge in [-0.15, -0.1) is 6.42 Å². The van der Waals surface area contributed by atoms with E-state index in [1.165, 1.54) is 36.2 Å². The Bertz CT molecular complexity index is 1150. The molecular formula is C24H26F2N4O3S. The normalized spacial score (nSPS) is 24.1. The summed E-state index contributed by atoms with van der Waals surface area (Å²) >= 11 is 1.33. The highest BCUT2D eigenvalue weighted by atomic mass is 32.2. The molecular weight excluding hydrogens is 462 g/mol. The number of rotatable bonds is 7. The first kappa shape index (κ1) is 25.5. The summed E-state index contributed by atoms with van der Waals surface area (Å²) in [5.74, 6) is -0.346. The van der Waals surface area contributed by atoms with Crippen molar-refractivity contribution in [1.29, 1.82) is 0 Å². The van der Waals surface area contributed by atoms with Crippen LogP contribution in [0.2, 0.25) is 0 Å². The molecule has 0 bridgehead atoms. The molecule has 0 saturated heterocycles. The lowest BCUT2D eigenvalue weighted by Gasteiger charge is -2.47. The summed E-state index contributed by atoms with van der Waals surface area (Å²) < 4.78 is 39.8. The van der Waals surface area contributed by atoms with Crippen molar-refractivity contribution in [3.63, 3.8) is 0 Å². The minimum atomic E-state index is -1.21. The van der Waals surface area contributed by atoms with Gasteiger partial charge in [-0.25, -0.2) is 13.8 Å². The zero-order valence-corrected chi connectivity index (χ0v) is 20.1. The number of anilines is 1.